The zero-order valence-corrected chi connectivity index (χ0v) is 14.1. The van der Waals surface area contributed by atoms with E-state index in [-0.39, 0.29) is 11.8 Å². The molecule has 0 atom stereocenters. The van der Waals surface area contributed by atoms with Gasteiger partial charge in [0.1, 0.15) is 0 Å². The van der Waals surface area contributed by atoms with Crippen LogP contribution in [0.4, 0.5) is 5.69 Å². The first-order chi connectivity index (χ1) is 11.8. The molecule has 0 unspecified atom stereocenters. The van der Waals surface area contributed by atoms with Gasteiger partial charge in [-0.1, -0.05) is 42.5 Å². The fourth-order valence-corrected chi connectivity index (χ4v) is 3.27. The number of benzene rings is 2. The SMILES string of the molecule is O=C(Nc1cccc(CCCc2ccccc2)c1)C1CCNCC1. The predicted octanol–water partition coefficient (Wildman–Crippen LogP) is 3.80. The summed E-state index contributed by atoms with van der Waals surface area (Å²) in [5.41, 5.74) is 3.60. The average molecular weight is 322 g/mol. The summed E-state index contributed by atoms with van der Waals surface area (Å²) in [6.45, 7) is 1.88. The normalized spacial score (nSPS) is 15.2. The highest BCUT2D eigenvalue weighted by Gasteiger charge is 2.20. The molecule has 126 valence electrons. The van der Waals surface area contributed by atoms with Crippen molar-refractivity contribution >= 4 is 11.6 Å². The fraction of sp³-hybridized carbons (Fsp3) is 0.381. The number of piperidine rings is 1. The summed E-state index contributed by atoms with van der Waals surface area (Å²) in [7, 11) is 0. The van der Waals surface area contributed by atoms with Crippen molar-refractivity contribution in [2.75, 3.05) is 18.4 Å². The van der Waals surface area contributed by atoms with Crippen molar-refractivity contribution in [3.8, 4) is 0 Å². The number of hydrogen-bond donors (Lipinski definition) is 2. The molecule has 1 amide bonds. The number of rotatable bonds is 6. The molecule has 1 saturated heterocycles. The van der Waals surface area contributed by atoms with Crippen LogP contribution in [0.1, 0.15) is 30.4 Å². The Hall–Kier alpha value is -2.13. The molecule has 2 aromatic carbocycles. The highest BCUT2D eigenvalue weighted by atomic mass is 16.1. The monoisotopic (exact) mass is 322 g/mol. The number of carbonyl (C=O) groups excluding carboxylic acids is 1. The zero-order chi connectivity index (χ0) is 16.6. The van der Waals surface area contributed by atoms with Gasteiger partial charge in [0.05, 0.1) is 0 Å². The van der Waals surface area contributed by atoms with Crippen molar-refractivity contribution in [3.05, 3.63) is 65.7 Å². The second-order valence-corrected chi connectivity index (χ2v) is 6.55. The zero-order valence-electron chi connectivity index (χ0n) is 14.1. The standard InChI is InChI=1S/C21H26N2O/c24-21(19-12-14-22-15-13-19)23-20-11-5-10-18(16-20)9-4-8-17-6-2-1-3-7-17/h1-3,5-7,10-11,16,19,22H,4,8-9,12-15H2,(H,23,24). The van der Waals surface area contributed by atoms with Crippen molar-refractivity contribution in [1.29, 1.82) is 0 Å². The number of aryl methyl sites for hydroxylation is 2. The Morgan fingerprint density at radius 1 is 0.958 bits per heavy atom. The van der Waals surface area contributed by atoms with E-state index in [0.29, 0.717) is 0 Å². The maximum atomic E-state index is 12.3. The van der Waals surface area contributed by atoms with Crippen molar-refractivity contribution in [1.82, 2.24) is 5.32 Å². The average Bonchev–Trinajstić information content (AvgIpc) is 2.64. The van der Waals surface area contributed by atoms with E-state index in [9.17, 15) is 4.79 Å². The van der Waals surface area contributed by atoms with Crippen LogP contribution in [-0.2, 0) is 17.6 Å². The first-order valence-electron chi connectivity index (χ1n) is 8.96. The van der Waals surface area contributed by atoms with Crippen molar-refractivity contribution in [2.45, 2.75) is 32.1 Å². The van der Waals surface area contributed by atoms with E-state index in [4.69, 9.17) is 0 Å². The minimum Gasteiger partial charge on any atom is -0.326 e. The molecule has 3 nitrogen and oxygen atoms in total. The molecule has 3 rings (SSSR count). The van der Waals surface area contributed by atoms with Crippen LogP contribution in [0.5, 0.6) is 0 Å². The van der Waals surface area contributed by atoms with Crippen molar-refractivity contribution in [3.63, 3.8) is 0 Å². The summed E-state index contributed by atoms with van der Waals surface area (Å²) in [6.07, 6.45) is 5.11. The Labute approximate surface area is 144 Å². The summed E-state index contributed by atoms with van der Waals surface area (Å²) in [4.78, 5) is 12.3. The van der Waals surface area contributed by atoms with Gasteiger partial charge in [0, 0.05) is 11.6 Å². The Morgan fingerprint density at radius 2 is 1.67 bits per heavy atom. The molecule has 24 heavy (non-hydrogen) atoms. The maximum Gasteiger partial charge on any atom is 0.227 e. The van der Waals surface area contributed by atoms with Crippen LogP contribution in [0.15, 0.2) is 54.6 Å². The molecule has 1 aliphatic heterocycles. The molecule has 0 spiro atoms. The smallest absolute Gasteiger partial charge is 0.227 e. The van der Waals surface area contributed by atoms with Gasteiger partial charge in [-0.15, -0.1) is 0 Å². The lowest BCUT2D eigenvalue weighted by Gasteiger charge is -2.21. The maximum absolute atomic E-state index is 12.3. The molecule has 0 aromatic heterocycles. The first-order valence-corrected chi connectivity index (χ1v) is 8.96. The van der Waals surface area contributed by atoms with E-state index in [0.717, 1.165) is 50.9 Å². The summed E-state index contributed by atoms with van der Waals surface area (Å²) in [5, 5.41) is 6.39. The van der Waals surface area contributed by atoms with E-state index >= 15 is 0 Å². The molecule has 1 aliphatic rings. The Kier molecular flexibility index (Phi) is 6.02. The highest BCUT2D eigenvalue weighted by Crippen LogP contribution is 2.18. The van der Waals surface area contributed by atoms with Gasteiger partial charge in [-0.3, -0.25) is 4.79 Å². The van der Waals surface area contributed by atoms with Gasteiger partial charge in [-0.05, 0) is 68.5 Å². The predicted molar refractivity (Wildman–Crippen MR) is 99.1 cm³/mol. The van der Waals surface area contributed by atoms with Crippen LogP contribution in [0.3, 0.4) is 0 Å². The lowest BCUT2D eigenvalue weighted by atomic mass is 9.97. The summed E-state index contributed by atoms with van der Waals surface area (Å²) >= 11 is 0. The van der Waals surface area contributed by atoms with Gasteiger partial charge < -0.3 is 10.6 Å². The van der Waals surface area contributed by atoms with Gasteiger partial charge in [0.15, 0.2) is 0 Å². The van der Waals surface area contributed by atoms with Crippen molar-refractivity contribution in [2.24, 2.45) is 5.92 Å². The largest absolute Gasteiger partial charge is 0.326 e. The minimum atomic E-state index is 0.146. The lowest BCUT2D eigenvalue weighted by Crippen LogP contribution is -2.34. The second-order valence-electron chi connectivity index (χ2n) is 6.55. The number of anilines is 1. The fourth-order valence-electron chi connectivity index (χ4n) is 3.27. The van der Waals surface area contributed by atoms with Crippen LogP contribution in [0, 0.1) is 5.92 Å². The topological polar surface area (TPSA) is 41.1 Å². The molecule has 1 heterocycles. The van der Waals surface area contributed by atoms with Gasteiger partial charge >= 0.3 is 0 Å². The number of amides is 1. The Balaban J connectivity index is 1.51. The van der Waals surface area contributed by atoms with E-state index in [2.05, 4.69) is 53.1 Å². The summed E-state index contributed by atoms with van der Waals surface area (Å²) in [6, 6.07) is 18.9. The van der Waals surface area contributed by atoms with E-state index in [1.165, 1.54) is 11.1 Å². The van der Waals surface area contributed by atoms with Crippen LogP contribution < -0.4 is 10.6 Å². The van der Waals surface area contributed by atoms with Crippen molar-refractivity contribution < 1.29 is 4.79 Å². The Morgan fingerprint density at radius 3 is 2.46 bits per heavy atom. The molecular weight excluding hydrogens is 296 g/mol. The third kappa shape index (κ3) is 4.93. The molecule has 0 aliphatic carbocycles. The second kappa shape index (κ2) is 8.65. The highest BCUT2D eigenvalue weighted by molar-refractivity contribution is 5.92. The lowest BCUT2D eigenvalue weighted by molar-refractivity contribution is -0.120. The van der Waals surface area contributed by atoms with Gasteiger partial charge in [-0.25, -0.2) is 0 Å². The minimum absolute atomic E-state index is 0.146. The molecule has 0 saturated carbocycles. The third-order valence-electron chi connectivity index (χ3n) is 4.68. The number of nitrogens with one attached hydrogen (secondary N) is 2. The molecule has 2 aromatic rings. The quantitative estimate of drug-likeness (QED) is 0.849. The summed E-state index contributed by atoms with van der Waals surface area (Å²) < 4.78 is 0. The molecular formula is C21H26N2O. The van der Waals surface area contributed by atoms with Crippen LogP contribution >= 0.6 is 0 Å². The van der Waals surface area contributed by atoms with Crippen LogP contribution in [-0.4, -0.2) is 19.0 Å². The van der Waals surface area contributed by atoms with Gasteiger partial charge in [0.25, 0.3) is 0 Å². The van der Waals surface area contributed by atoms with Crippen LogP contribution in [0.25, 0.3) is 0 Å². The van der Waals surface area contributed by atoms with Gasteiger partial charge in [-0.2, -0.15) is 0 Å². The summed E-state index contributed by atoms with van der Waals surface area (Å²) in [5.74, 6) is 0.311. The van der Waals surface area contributed by atoms with E-state index < -0.39 is 0 Å². The molecule has 0 radical (unpaired) electrons. The molecule has 0 bridgehead atoms. The van der Waals surface area contributed by atoms with E-state index in [1.807, 2.05) is 12.1 Å². The Bertz CT molecular complexity index is 648. The number of hydrogen-bond acceptors (Lipinski definition) is 2. The molecule has 2 N–H and O–H groups in total. The molecule has 1 fully saturated rings. The molecule has 3 heteroatoms. The third-order valence-corrected chi connectivity index (χ3v) is 4.68. The first kappa shape index (κ1) is 16.7. The van der Waals surface area contributed by atoms with E-state index in [1.54, 1.807) is 0 Å². The van der Waals surface area contributed by atoms with Crippen LogP contribution in [0.2, 0.25) is 0 Å². The van der Waals surface area contributed by atoms with Gasteiger partial charge in [0.2, 0.25) is 5.91 Å². The number of carbonyl (C=O) groups is 1.